The van der Waals surface area contributed by atoms with E-state index < -0.39 is 0 Å². The molecule has 0 saturated carbocycles. The fraction of sp³-hybridized carbons (Fsp3) is 0.321. The Balaban J connectivity index is 1.44. The predicted molar refractivity (Wildman–Crippen MR) is 135 cm³/mol. The third kappa shape index (κ3) is 4.28. The quantitative estimate of drug-likeness (QED) is 0.609. The molecule has 1 saturated heterocycles. The lowest BCUT2D eigenvalue weighted by Crippen LogP contribution is -2.61. The van der Waals surface area contributed by atoms with E-state index in [1.165, 1.54) is 11.3 Å². The molecule has 6 heteroatoms. The highest BCUT2D eigenvalue weighted by molar-refractivity contribution is 5.82. The number of hydrogen-bond acceptors (Lipinski definition) is 5. The number of carbonyl (C=O) groups excluding carboxylic acids is 1. The molecule has 0 aliphatic carbocycles. The van der Waals surface area contributed by atoms with E-state index in [0.29, 0.717) is 13.0 Å². The van der Waals surface area contributed by atoms with Crippen molar-refractivity contribution >= 4 is 17.3 Å². The Labute approximate surface area is 201 Å². The number of nitrogens with zero attached hydrogens (tertiary/aromatic N) is 2. The molecule has 2 aliphatic heterocycles. The van der Waals surface area contributed by atoms with Crippen LogP contribution in [0.2, 0.25) is 0 Å². The maximum Gasteiger partial charge on any atom is 0.225 e. The van der Waals surface area contributed by atoms with Crippen LogP contribution in [0.4, 0.5) is 11.4 Å². The number of nitrogens with one attached hydrogen (secondary N) is 1. The first-order chi connectivity index (χ1) is 16.7. The number of methoxy groups -OCH3 is 2. The number of benzene rings is 3. The molecule has 0 bridgehead atoms. The Kier molecular flexibility index (Phi) is 6.30. The van der Waals surface area contributed by atoms with Gasteiger partial charge >= 0.3 is 0 Å². The molecule has 3 aromatic rings. The SMILES string of the molecule is COc1ccc2c(c1)N1CCN(c3ccccc3OC)C[C@H]1[C@H](C(=O)NCc1ccccc1)C2. The van der Waals surface area contributed by atoms with Gasteiger partial charge in [0.25, 0.3) is 0 Å². The van der Waals surface area contributed by atoms with Crippen molar-refractivity contribution in [2.75, 3.05) is 43.7 Å². The van der Waals surface area contributed by atoms with Gasteiger partial charge in [-0.1, -0.05) is 48.5 Å². The zero-order valence-corrected chi connectivity index (χ0v) is 19.7. The fourth-order valence-corrected chi connectivity index (χ4v) is 5.23. The zero-order chi connectivity index (χ0) is 23.5. The summed E-state index contributed by atoms with van der Waals surface area (Å²) in [7, 11) is 3.40. The molecule has 0 unspecified atom stereocenters. The molecule has 0 radical (unpaired) electrons. The summed E-state index contributed by atoms with van der Waals surface area (Å²) in [6, 6.07) is 24.4. The lowest BCUT2D eigenvalue weighted by Gasteiger charge is -2.49. The first-order valence-corrected chi connectivity index (χ1v) is 11.8. The highest BCUT2D eigenvalue weighted by Gasteiger charge is 2.42. The minimum absolute atomic E-state index is 0.0500. The number of fused-ring (bicyclic) bond motifs is 3. The predicted octanol–water partition coefficient (Wildman–Crippen LogP) is 3.89. The van der Waals surface area contributed by atoms with Crippen LogP contribution in [0.3, 0.4) is 0 Å². The fourth-order valence-electron chi connectivity index (χ4n) is 5.23. The minimum Gasteiger partial charge on any atom is -0.497 e. The molecular formula is C28H31N3O3. The van der Waals surface area contributed by atoms with Crippen LogP contribution >= 0.6 is 0 Å². The Morgan fingerprint density at radius 2 is 1.74 bits per heavy atom. The van der Waals surface area contributed by atoms with Crippen molar-refractivity contribution in [3.63, 3.8) is 0 Å². The molecule has 176 valence electrons. The Bertz CT molecular complexity index is 1150. The van der Waals surface area contributed by atoms with E-state index in [1.54, 1.807) is 14.2 Å². The van der Waals surface area contributed by atoms with Gasteiger partial charge in [-0.25, -0.2) is 0 Å². The van der Waals surface area contributed by atoms with Crippen molar-refractivity contribution in [1.29, 1.82) is 0 Å². The van der Waals surface area contributed by atoms with Crippen molar-refractivity contribution in [1.82, 2.24) is 5.32 Å². The van der Waals surface area contributed by atoms with Gasteiger partial charge in [0.05, 0.1) is 31.9 Å². The second-order valence-electron chi connectivity index (χ2n) is 8.89. The standard InChI is InChI=1S/C28H31N3O3/c1-33-22-13-12-21-16-23(28(32)29-18-20-8-4-3-5-9-20)26-19-30(14-15-31(26)25(21)17-22)24-10-6-7-11-27(24)34-2/h3-13,17,23,26H,14-16,18-19H2,1-2H3,(H,29,32)/t23-,26+/m1/s1. The van der Waals surface area contributed by atoms with Crippen molar-refractivity contribution in [3.8, 4) is 11.5 Å². The van der Waals surface area contributed by atoms with E-state index in [-0.39, 0.29) is 17.9 Å². The summed E-state index contributed by atoms with van der Waals surface area (Å²) in [6.45, 7) is 2.96. The van der Waals surface area contributed by atoms with Crippen LogP contribution in [0.1, 0.15) is 11.1 Å². The van der Waals surface area contributed by atoms with Crippen LogP contribution in [0, 0.1) is 5.92 Å². The Morgan fingerprint density at radius 3 is 2.53 bits per heavy atom. The van der Waals surface area contributed by atoms with E-state index in [1.807, 2.05) is 54.6 Å². The average Bonchev–Trinajstić information content (AvgIpc) is 2.91. The molecule has 0 aromatic heterocycles. The maximum absolute atomic E-state index is 13.5. The molecule has 2 heterocycles. The molecule has 34 heavy (non-hydrogen) atoms. The number of ether oxygens (including phenoxy) is 2. The molecule has 1 N–H and O–H groups in total. The summed E-state index contributed by atoms with van der Waals surface area (Å²) in [5, 5.41) is 3.20. The molecule has 0 spiro atoms. The number of para-hydroxylation sites is 2. The number of anilines is 2. The number of hydrogen-bond donors (Lipinski definition) is 1. The van der Waals surface area contributed by atoms with Crippen LogP contribution in [-0.2, 0) is 17.8 Å². The van der Waals surface area contributed by atoms with Gasteiger partial charge in [-0.3, -0.25) is 4.79 Å². The molecule has 3 aromatic carbocycles. The topological polar surface area (TPSA) is 54.0 Å². The Morgan fingerprint density at radius 1 is 0.941 bits per heavy atom. The van der Waals surface area contributed by atoms with Crippen LogP contribution in [-0.4, -0.2) is 45.8 Å². The number of carbonyl (C=O) groups is 1. The normalized spacial score (nSPS) is 19.1. The summed E-state index contributed by atoms with van der Waals surface area (Å²) < 4.78 is 11.1. The first kappa shape index (κ1) is 22.1. The molecule has 1 fully saturated rings. The van der Waals surface area contributed by atoms with Crippen LogP contribution in [0.25, 0.3) is 0 Å². The zero-order valence-electron chi connectivity index (χ0n) is 19.7. The monoisotopic (exact) mass is 457 g/mol. The van der Waals surface area contributed by atoms with Gasteiger partial charge in [0, 0.05) is 37.9 Å². The molecule has 2 aliphatic rings. The lowest BCUT2D eigenvalue weighted by molar-refractivity contribution is -0.126. The first-order valence-electron chi connectivity index (χ1n) is 11.8. The van der Waals surface area contributed by atoms with Crippen molar-refractivity contribution in [3.05, 3.63) is 83.9 Å². The minimum atomic E-state index is -0.151. The smallest absolute Gasteiger partial charge is 0.225 e. The summed E-state index contributed by atoms with van der Waals surface area (Å²) in [5.74, 6) is 1.65. The molecule has 2 atom stereocenters. The van der Waals surface area contributed by atoms with Crippen molar-refractivity contribution < 1.29 is 14.3 Å². The Hall–Kier alpha value is -3.67. The summed E-state index contributed by atoms with van der Waals surface area (Å²) in [4.78, 5) is 18.3. The maximum atomic E-state index is 13.5. The molecule has 5 rings (SSSR count). The number of piperazine rings is 1. The van der Waals surface area contributed by atoms with Gasteiger partial charge in [-0.15, -0.1) is 0 Å². The number of rotatable bonds is 6. The van der Waals surface area contributed by atoms with Gasteiger partial charge in [0.1, 0.15) is 11.5 Å². The second kappa shape index (κ2) is 9.67. The molecule has 1 amide bonds. The summed E-state index contributed by atoms with van der Waals surface area (Å²) in [6.07, 6.45) is 0.709. The van der Waals surface area contributed by atoms with Crippen LogP contribution in [0.15, 0.2) is 72.8 Å². The van der Waals surface area contributed by atoms with E-state index in [2.05, 4.69) is 33.3 Å². The van der Waals surface area contributed by atoms with E-state index >= 15 is 0 Å². The van der Waals surface area contributed by atoms with Gasteiger partial charge < -0.3 is 24.6 Å². The van der Waals surface area contributed by atoms with E-state index in [0.717, 1.165) is 42.4 Å². The number of amides is 1. The molecular weight excluding hydrogens is 426 g/mol. The molecule has 6 nitrogen and oxygen atoms in total. The third-order valence-electron chi connectivity index (χ3n) is 7.00. The summed E-state index contributed by atoms with van der Waals surface area (Å²) >= 11 is 0. The highest BCUT2D eigenvalue weighted by atomic mass is 16.5. The third-order valence-corrected chi connectivity index (χ3v) is 7.00. The largest absolute Gasteiger partial charge is 0.497 e. The van der Waals surface area contributed by atoms with E-state index in [9.17, 15) is 4.79 Å². The van der Waals surface area contributed by atoms with Crippen LogP contribution in [0.5, 0.6) is 11.5 Å². The van der Waals surface area contributed by atoms with Gasteiger partial charge in [-0.05, 0) is 35.7 Å². The second-order valence-corrected chi connectivity index (χ2v) is 8.89. The summed E-state index contributed by atoms with van der Waals surface area (Å²) in [5.41, 5.74) is 4.55. The van der Waals surface area contributed by atoms with Gasteiger partial charge in [0.2, 0.25) is 5.91 Å². The van der Waals surface area contributed by atoms with Crippen molar-refractivity contribution in [2.24, 2.45) is 5.92 Å². The van der Waals surface area contributed by atoms with E-state index in [4.69, 9.17) is 9.47 Å². The van der Waals surface area contributed by atoms with Crippen LogP contribution < -0.4 is 24.6 Å². The highest BCUT2D eigenvalue weighted by Crippen LogP contribution is 2.40. The van der Waals surface area contributed by atoms with Gasteiger partial charge in [0.15, 0.2) is 0 Å². The average molecular weight is 458 g/mol. The van der Waals surface area contributed by atoms with Gasteiger partial charge in [-0.2, -0.15) is 0 Å². The lowest BCUT2D eigenvalue weighted by atomic mass is 9.83. The van der Waals surface area contributed by atoms with Crippen molar-refractivity contribution in [2.45, 2.75) is 19.0 Å².